The molecule has 108 valence electrons. The Morgan fingerprint density at radius 1 is 1.29 bits per heavy atom. The number of hydrogen-bond donors (Lipinski definition) is 2. The van der Waals surface area contributed by atoms with Gasteiger partial charge in [-0.2, -0.15) is 5.10 Å². The highest BCUT2D eigenvalue weighted by atomic mass is 16.1. The second-order valence-electron chi connectivity index (χ2n) is 5.23. The quantitative estimate of drug-likeness (QED) is 0.776. The second kappa shape index (κ2) is 5.09. The number of nitrogens with one attached hydrogen (secondary N) is 2. The zero-order valence-electron chi connectivity index (χ0n) is 12.4. The maximum Gasteiger partial charge on any atom is 0.257 e. The fourth-order valence-corrected chi connectivity index (χ4v) is 2.56. The van der Waals surface area contributed by atoms with E-state index in [-0.39, 0.29) is 5.56 Å². The smallest absolute Gasteiger partial charge is 0.257 e. The van der Waals surface area contributed by atoms with Crippen LogP contribution in [-0.2, 0) is 13.6 Å². The van der Waals surface area contributed by atoms with Crippen molar-refractivity contribution >= 4 is 16.6 Å². The number of aromatic amines is 1. The van der Waals surface area contributed by atoms with E-state index in [1.807, 2.05) is 55.9 Å². The minimum atomic E-state index is -0.0739. The summed E-state index contributed by atoms with van der Waals surface area (Å²) in [7, 11) is 1.93. The average molecular weight is 282 g/mol. The SMILES string of the molecule is Cc1nn(C)c(C)c1CNc1cc2ccccc2c(=O)[nH]1. The number of H-pyrrole nitrogens is 1. The van der Waals surface area contributed by atoms with Crippen molar-refractivity contribution in [1.29, 1.82) is 0 Å². The number of aryl methyl sites for hydroxylation is 2. The number of nitrogens with zero attached hydrogens (tertiary/aromatic N) is 2. The summed E-state index contributed by atoms with van der Waals surface area (Å²) in [5.74, 6) is 0.723. The van der Waals surface area contributed by atoms with Crippen molar-refractivity contribution in [1.82, 2.24) is 14.8 Å². The van der Waals surface area contributed by atoms with Gasteiger partial charge in [-0.3, -0.25) is 9.48 Å². The molecule has 0 atom stereocenters. The van der Waals surface area contributed by atoms with Crippen LogP contribution in [0.1, 0.15) is 17.0 Å². The van der Waals surface area contributed by atoms with Crippen LogP contribution >= 0.6 is 0 Å². The molecular weight excluding hydrogens is 264 g/mol. The van der Waals surface area contributed by atoms with Crippen LogP contribution < -0.4 is 10.9 Å². The molecule has 0 saturated heterocycles. The molecule has 0 unspecified atom stereocenters. The Morgan fingerprint density at radius 3 is 2.76 bits per heavy atom. The molecule has 3 aromatic rings. The van der Waals surface area contributed by atoms with E-state index >= 15 is 0 Å². The van der Waals surface area contributed by atoms with Gasteiger partial charge in [-0.1, -0.05) is 18.2 Å². The van der Waals surface area contributed by atoms with Crippen LogP contribution in [0.2, 0.25) is 0 Å². The van der Waals surface area contributed by atoms with Gasteiger partial charge in [0.2, 0.25) is 0 Å². The number of anilines is 1. The van der Waals surface area contributed by atoms with Gasteiger partial charge in [0.1, 0.15) is 5.82 Å². The number of benzene rings is 1. The van der Waals surface area contributed by atoms with E-state index in [4.69, 9.17) is 0 Å². The molecule has 21 heavy (non-hydrogen) atoms. The molecule has 0 aliphatic heterocycles. The lowest BCUT2D eigenvalue weighted by Gasteiger charge is -2.08. The lowest BCUT2D eigenvalue weighted by atomic mass is 10.1. The lowest BCUT2D eigenvalue weighted by molar-refractivity contribution is 0.730. The summed E-state index contributed by atoms with van der Waals surface area (Å²) in [6.07, 6.45) is 0. The molecule has 2 heterocycles. The number of pyridine rings is 1. The number of aromatic nitrogens is 3. The van der Waals surface area contributed by atoms with Gasteiger partial charge in [0.05, 0.1) is 5.69 Å². The molecule has 2 aromatic heterocycles. The van der Waals surface area contributed by atoms with Crippen molar-refractivity contribution < 1.29 is 0 Å². The highest BCUT2D eigenvalue weighted by Crippen LogP contribution is 2.16. The maximum atomic E-state index is 12.0. The summed E-state index contributed by atoms with van der Waals surface area (Å²) >= 11 is 0. The third-order valence-corrected chi connectivity index (χ3v) is 3.87. The molecule has 0 amide bonds. The van der Waals surface area contributed by atoms with Crippen molar-refractivity contribution in [2.24, 2.45) is 7.05 Å². The molecule has 0 aliphatic rings. The summed E-state index contributed by atoms with van der Waals surface area (Å²) in [4.78, 5) is 14.9. The van der Waals surface area contributed by atoms with E-state index in [1.54, 1.807) is 0 Å². The third-order valence-electron chi connectivity index (χ3n) is 3.87. The summed E-state index contributed by atoms with van der Waals surface area (Å²) in [5.41, 5.74) is 3.22. The van der Waals surface area contributed by atoms with E-state index in [2.05, 4.69) is 15.4 Å². The fraction of sp³-hybridized carbons (Fsp3) is 0.250. The van der Waals surface area contributed by atoms with E-state index in [0.29, 0.717) is 11.9 Å². The maximum absolute atomic E-state index is 12.0. The van der Waals surface area contributed by atoms with Crippen LogP contribution in [0.3, 0.4) is 0 Å². The van der Waals surface area contributed by atoms with Gasteiger partial charge in [-0.25, -0.2) is 0 Å². The molecule has 0 saturated carbocycles. The predicted molar refractivity (Wildman–Crippen MR) is 84.6 cm³/mol. The van der Waals surface area contributed by atoms with Crippen LogP contribution in [0, 0.1) is 13.8 Å². The Bertz CT molecular complexity index is 860. The number of rotatable bonds is 3. The zero-order valence-corrected chi connectivity index (χ0v) is 12.4. The first-order valence-corrected chi connectivity index (χ1v) is 6.91. The van der Waals surface area contributed by atoms with Crippen molar-refractivity contribution in [3.05, 3.63) is 57.6 Å². The normalized spacial score (nSPS) is 11.0. The first-order chi connectivity index (χ1) is 10.1. The summed E-state index contributed by atoms with van der Waals surface area (Å²) in [6.45, 7) is 4.67. The molecule has 0 bridgehead atoms. The molecule has 1 aromatic carbocycles. The standard InChI is InChI=1S/C16H18N4O/c1-10-14(11(2)20(3)19-10)9-17-15-8-12-6-4-5-7-13(12)16(21)18-15/h4-8H,9H2,1-3H3,(H2,17,18,21). The van der Waals surface area contributed by atoms with Crippen LogP contribution in [0.4, 0.5) is 5.82 Å². The third kappa shape index (κ3) is 2.42. The molecule has 3 rings (SSSR count). The lowest BCUT2D eigenvalue weighted by Crippen LogP contribution is -2.11. The molecule has 0 radical (unpaired) electrons. The highest BCUT2D eigenvalue weighted by Gasteiger charge is 2.09. The van der Waals surface area contributed by atoms with Gasteiger partial charge < -0.3 is 10.3 Å². The molecule has 0 spiro atoms. The second-order valence-corrected chi connectivity index (χ2v) is 5.23. The van der Waals surface area contributed by atoms with E-state index in [0.717, 1.165) is 28.2 Å². The summed E-state index contributed by atoms with van der Waals surface area (Å²) in [6, 6.07) is 9.52. The zero-order chi connectivity index (χ0) is 15.0. The summed E-state index contributed by atoms with van der Waals surface area (Å²) < 4.78 is 1.87. The van der Waals surface area contributed by atoms with Crippen molar-refractivity contribution in [3.63, 3.8) is 0 Å². The van der Waals surface area contributed by atoms with E-state index in [9.17, 15) is 4.79 Å². The molecule has 0 aliphatic carbocycles. The fourth-order valence-electron chi connectivity index (χ4n) is 2.56. The Labute approximate surface area is 122 Å². The van der Waals surface area contributed by atoms with E-state index < -0.39 is 0 Å². The first-order valence-electron chi connectivity index (χ1n) is 6.91. The molecule has 5 nitrogen and oxygen atoms in total. The van der Waals surface area contributed by atoms with Gasteiger partial charge in [-0.05, 0) is 31.4 Å². The van der Waals surface area contributed by atoms with Crippen molar-refractivity contribution in [2.45, 2.75) is 20.4 Å². The topological polar surface area (TPSA) is 62.7 Å². The largest absolute Gasteiger partial charge is 0.367 e. The van der Waals surface area contributed by atoms with Crippen LogP contribution in [0.5, 0.6) is 0 Å². The Kier molecular flexibility index (Phi) is 3.25. The molecule has 2 N–H and O–H groups in total. The highest BCUT2D eigenvalue weighted by molar-refractivity contribution is 5.83. The monoisotopic (exact) mass is 282 g/mol. The van der Waals surface area contributed by atoms with Gasteiger partial charge >= 0.3 is 0 Å². The molecule has 0 fully saturated rings. The average Bonchev–Trinajstić information content (AvgIpc) is 2.70. The van der Waals surface area contributed by atoms with Crippen LogP contribution in [0.25, 0.3) is 10.8 Å². The van der Waals surface area contributed by atoms with Gasteiger partial charge in [0.25, 0.3) is 5.56 Å². The Balaban J connectivity index is 1.90. The molecule has 5 heteroatoms. The minimum Gasteiger partial charge on any atom is -0.367 e. The van der Waals surface area contributed by atoms with Gasteiger partial charge in [-0.15, -0.1) is 0 Å². The van der Waals surface area contributed by atoms with E-state index in [1.165, 1.54) is 0 Å². The molecular formula is C16H18N4O. The number of fused-ring (bicyclic) bond motifs is 1. The minimum absolute atomic E-state index is 0.0739. The summed E-state index contributed by atoms with van der Waals surface area (Å²) in [5, 5.41) is 9.31. The van der Waals surface area contributed by atoms with Crippen LogP contribution in [-0.4, -0.2) is 14.8 Å². The Hall–Kier alpha value is -2.56. The van der Waals surface area contributed by atoms with Crippen LogP contribution in [0.15, 0.2) is 35.1 Å². The predicted octanol–water partition coefficient (Wildman–Crippen LogP) is 2.49. The number of hydrogen-bond acceptors (Lipinski definition) is 3. The first kappa shape index (κ1) is 13.4. The van der Waals surface area contributed by atoms with Crippen molar-refractivity contribution in [2.75, 3.05) is 5.32 Å². The van der Waals surface area contributed by atoms with Crippen molar-refractivity contribution in [3.8, 4) is 0 Å². The Morgan fingerprint density at radius 2 is 2.05 bits per heavy atom. The van der Waals surface area contributed by atoms with Gasteiger partial charge in [0, 0.05) is 30.2 Å². The van der Waals surface area contributed by atoms with Gasteiger partial charge in [0.15, 0.2) is 0 Å².